The molecule has 80 valence electrons. The van der Waals surface area contributed by atoms with Crippen molar-refractivity contribution in [3.63, 3.8) is 0 Å². The summed E-state index contributed by atoms with van der Waals surface area (Å²) in [4.78, 5) is 0. The Morgan fingerprint density at radius 1 is 0.538 bits per heavy atom. The van der Waals surface area contributed by atoms with Gasteiger partial charge in [0.15, 0.2) is 0 Å². The minimum absolute atomic E-state index is 0. The third kappa shape index (κ3) is 35.2. The second kappa shape index (κ2) is 43.4. The SMILES string of the molecule is C.CC.CN.CN.c1ccccc1. The van der Waals surface area contributed by atoms with Gasteiger partial charge in [-0.25, -0.2) is 0 Å². The van der Waals surface area contributed by atoms with Crippen molar-refractivity contribution in [1.29, 1.82) is 0 Å². The van der Waals surface area contributed by atoms with E-state index in [2.05, 4.69) is 11.5 Å². The van der Waals surface area contributed by atoms with Crippen molar-refractivity contribution in [3.8, 4) is 0 Å². The van der Waals surface area contributed by atoms with Gasteiger partial charge >= 0.3 is 0 Å². The van der Waals surface area contributed by atoms with E-state index in [1.165, 1.54) is 14.1 Å². The maximum atomic E-state index is 4.50. The van der Waals surface area contributed by atoms with E-state index in [4.69, 9.17) is 0 Å². The summed E-state index contributed by atoms with van der Waals surface area (Å²) in [6.07, 6.45) is 0. The molecule has 0 aliphatic carbocycles. The average molecular weight is 186 g/mol. The Kier molecular flexibility index (Phi) is 75.8. The number of hydrogen-bond donors (Lipinski definition) is 2. The molecule has 2 heteroatoms. The molecule has 0 aliphatic heterocycles. The first-order valence-electron chi connectivity index (χ1n) is 4.15. The first kappa shape index (κ1) is 22.7. The number of nitrogens with two attached hydrogens (primary N) is 2. The molecule has 0 radical (unpaired) electrons. The maximum Gasteiger partial charge on any atom is -0.0195 e. The first-order valence-corrected chi connectivity index (χ1v) is 4.15. The molecule has 0 heterocycles. The highest BCUT2D eigenvalue weighted by molar-refractivity contribution is 4.99. The Hall–Kier alpha value is -0.860. The molecular formula is C11H26N2. The summed E-state index contributed by atoms with van der Waals surface area (Å²) in [7, 11) is 3.00. The summed E-state index contributed by atoms with van der Waals surface area (Å²) in [6.45, 7) is 4.00. The van der Waals surface area contributed by atoms with Crippen molar-refractivity contribution < 1.29 is 0 Å². The molecule has 4 N–H and O–H groups in total. The lowest BCUT2D eigenvalue weighted by Crippen LogP contribution is -1.69. The average Bonchev–Trinajstić information content (AvgIpc) is 2.29. The van der Waals surface area contributed by atoms with Gasteiger partial charge in [0.05, 0.1) is 0 Å². The normalized spacial score (nSPS) is 5.08. The van der Waals surface area contributed by atoms with E-state index in [-0.39, 0.29) is 7.43 Å². The fourth-order valence-corrected chi connectivity index (χ4v) is 0.385. The van der Waals surface area contributed by atoms with Gasteiger partial charge in [-0.3, -0.25) is 0 Å². The molecule has 1 aromatic rings. The van der Waals surface area contributed by atoms with E-state index < -0.39 is 0 Å². The predicted octanol–water partition coefficient (Wildman–Crippen LogP) is 2.50. The zero-order valence-electron chi connectivity index (χ0n) is 8.62. The molecule has 0 aromatic heterocycles. The van der Waals surface area contributed by atoms with E-state index in [1.54, 1.807) is 0 Å². The van der Waals surface area contributed by atoms with E-state index in [0.29, 0.717) is 0 Å². The van der Waals surface area contributed by atoms with Crippen LogP contribution in [0.15, 0.2) is 36.4 Å². The predicted molar refractivity (Wildman–Crippen MR) is 64.7 cm³/mol. The van der Waals surface area contributed by atoms with Crippen LogP contribution >= 0.6 is 0 Å². The van der Waals surface area contributed by atoms with Gasteiger partial charge in [-0.05, 0) is 14.1 Å². The Labute approximate surface area is 84.0 Å². The van der Waals surface area contributed by atoms with Crippen LogP contribution in [0.4, 0.5) is 0 Å². The molecule has 1 aromatic carbocycles. The van der Waals surface area contributed by atoms with E-state index >= 15 is 0 Å². The number of rotatable bonds is 0. The maximum absolute atomic E-state index is 4.50. The highest BCUT2D eigenvalue weighted by Gasteiger charge is 1.57. The van der Waals surface area contributed by atoms with Gasteiger partial charge in [0.2, 0.25) is 0 Å². The fraction of sp³-hybridized carbons (Fsp3) is 0.455. The Bertz CT molecular complexity index is 80.0. The molecule has 0 aliphatic rings. The van der Waals surface area contributed by atoms with Gasteiger partial charge < -0.3 is 11.5 Å². The van der Waals surface area contributed by atoms with Crippen LogP contribution in [0.3, 0.4) is 0 Å². The summed E-state index contributed by atoms with van der Waals surface area (Å²) in [5, 5.41) is 0. The molecule has 1 rings (SSSR count). The Morgan fingerprint density at radius 3 is 0.692 bits per heavy atom. The van der Waals surface area contributed by atoms with Gasteiger partial charge in [-0.1, -0.05) is 57.7 Å². The van der Waals surface area contributed by atoms with Crippen LogP contribution in [0.25, 0.3) is 0 Å². The third-order valence-electron chi connectivity index (χ3n) is 0.667. The van der Waals surface area contributed by atoms with Crippen molar-refractivity contribution in [2.45, 2.75) is 21.3 Å². The van der Waals surface area contributed by atoms with Crippen molar-refractivity contribution in [2.75, 3.05) is 14.1 Å². The summed E-state index contributed by atoms with van der Waals surface area (Å²) in [5.74, 6) is 0. The first-order chi connectivity index (χ1) is 6.00. The molecule has 0 spiro atoms. The van der Waals surface area contributed by atoms with E-state index in [1.807, 2.05) is 50.2 Å². The van der Waals surface area contributed by atoms with Crippen LogP contribution < -0.4 is 11.5 Å². The molecule has 0 amide bonds. The van der Waals surface area contributed by atoms with E-state index in [0.717, 1.165) is 0 Å². The van der Waals surface area contributed by atoms with Crippen LogP contribution in [0.1, 0.15) is 21.3 Å². The fourth-order valence-electron chi connectivity index (χ4n) is 0.385. The summed E-state index contributed by atoms with van der Waals surface area (Å²) in [6, 6.07) is 12.0. The second-order valence-corrected chi connectivity index (χ2v) is 1.15. The van der Waals surface area contributed by atoms with E-state index in [9.17, 15) is 0 Å². The number of hydrogen-bond acceptors (Lipinski definition) is 2. The monoisotopic (exact) mass is 186 g/mol. The zero-order chi connectivity index (χ0) is 10.2. The van der Waals surface area contributed by atoms with Gasteiger partial charge in [-0.15, -0.1) is 0 Å². The van der Waals surface area contributed by atoms with Gasteiger partial charge in [0, 0.05) is 0 Å². The van der Waals surface area contributed by atoms with Crippen molar-refractivity contribution in [3.05, 3.63) is 36.4 Å². The minimum Gasteiger partial charge on any atom is -0.333 e. The Balaban J connectivity index is -0.0000000508. The minimum atomic E-state index is 0. The van der Waals surface area contributed by atoms with Gasteiger partial charge in [0.25, 0.3) is 0 Å². The highest BCUT2D eigenvalue weighted by atomic mass is 14.4. The van der Waals surface area contributed by atoms with Crippen LogP contribution in [-0.2, 0) is 0 Å². The standard InChI is InChI=1S/C6H6.C2H6.2CH5N.CH4/c1-2-4-6-5-3-1;3*1-2;/h1-6H;1-2H3;2*2H2,1H3;1H4. The molecule has 0 bridgehead atoms. The largest absolute Gasteiger partial charge is 0.333 e. The van der Waals surface area contributed by atoms with Crippen LogP contribution in [0.2, 0.25) is 0 Å². The van der Waals surface area contributed by atoms with Gasteiger partial charge in [0.1, 0.15) is 0 Å². The zero-order valence-corrected chi connectivity index (χ0v) is 8.62. The molecule has 0 saturated carbocycles. The van der Waals surface area contributed by atoms with Crippen molar-refractivity contribution in [2.24, 2.45) is 11.5 Å². The second-order valence-electron chi connectivity index (χ2n) is 1.15. The van der Waals surface area contributed by atoms with Crippen LogP contribution in [0, 0.1) is 0 Å². The number of benzene rings is 1. The van der Waals surface area contributed by atoms with Crippen LogP contribution in [0.5, 0.6) is 0 Å². The molecular weight excluding hydrogens is 160 g/mol. The topological polar surface area (TPSA) is 52.0 Å². The lowest BCUT2D eigenvalue weighted by atomic mass is 10.4. The smallest absolute Gasteiger partial charge is 0.0195 e. The molecule has 13 heavy (non-hydrogen) atoms. The Morgan fingerprint density at radius 2 is 0.615 bits per heavy atom. The molecule has 0 fully saturated rings. The third-order valence-corrected chi connectivity index (χ3v) is 0.667. The van der Waals surface area contributed by atoms with Crippen molar-refractivity contribution >= 4 is 0 Å². The van der Waals surface area contributed by atoms with Gasteiger partial charge in [-0.2, -0.15) is 0 Å². The highest BCUT2D eigenvalue weighted by Crippen LogP contribution is 1.79. The lowest BCUT2D eigenvalue weighted by molar-refractivity contribution is 1.48. The quantitative estimate of drug-likeness (QED) is 0.654. The molecule has 0 saturated heterocycles. The molecule has 2 nitrogen and oxygen atoms in total. The summed E-state index contributed by atoms with van der Waals surface area (Å²) >= 11 is 0. The van der Waals surface area contributed by atoms with Crippen LogP contribution in [-0.4, -0.2) is 14.1 Å². The lowest BCUT2D eigenvalue weighted by Gasteiger charge is -1.69. The summed E-state index contributed by atoms with van der Waals surface area (Å²) < 4.78 is 0. The van der Waals surface area contributed by atoms with Crippen molar-refractivity contribution in [1.82, 2.24) is 0 Å². The molecule has 0 atom stereocenters. The molecule has 0 unspecified atom stereocenters. The summed E-state index contributed by atoms with van der Waals surface area (Å²) in [5.41, 5.74) is 9.00.